The summed E-state index contributed by atoms with van der Waals surface area (Å²) in [5.41, 5.74) is 9.35. The summed E-state index contributed by atoms with van der Waals surface area (Å²) in [6, 6.07) is 64.7. The number of para-hydroxylation sites is 6. The Labute approximate surface area is 719 Å². The van der Waals surface area contributed by atoms with Crippen LogP contribution >= 0.6 is 57.1 Å². The van der Waals surface area contributed by atoms with Gasteiger partial charge in [0.05, 0.1) is 57.7 Å². The maximum atomic E-state index is 5.12. The molecule has 0 spiro atoms. The molecule has 1 aliphatic carbocycles. The van der Waals surface area contributed by atoms with Crippen molar-refractivity contribution in [3.05, 3.63) is 301 Å². The smallest absolute Gasteiger partial charge is 0.181 e. The van der Waals surface area contributed by atoms with Crippen LogP contribution in [0, 0.1) is 0 Å². The minimum atomic E-state index is 0. The van der Waals surface area contributed by atoms with Crippen molar-refractivity contribution in [3.8, 4) is 0 Å². The lowest BCUT2D eigenvalue weighted by Gasteiger charge is -2.08. The van der Waals surface area contributed by atoms with Crippen LogP contribution in [0.25, 0.3) is 74.3 Å². The number of oxazole rings is 1. The molecule has 19 nitrogen and oxygen atoms in total. The van der Waals surface area contributed by atoms with Crippen molar-refractivity contribution in [1.29, 1.82) is 0 Å². The Balaban J connectivity index is -0.000000382. The first-order valence-electron chi connectivity index (χ1n) is 40.3. The Kier molecular flexibility index (Phi) is 87.1. The van der Waals surface area contributed by atoms with Crippen molar-refractivity contribution in [2.45, 2.75) is 199 Å². The molecule has 0 amide bonds. The largest absolute Gasteiger partial charge is 0.464 e. The van der Waals surface area contributed by atoms with Gasteiger partial charge in [-0.2, -0.15) is 24.9 Å². The minimum Gasteiger partial charge on any atom is -0.464 e. The molecule has 0 fully saturated rings. The average molecular weight is 1690 g/mol. The number of benzene rings is 7. The molecule has 0 saturated heterocycles. The molecule has 0 atom stereocenters. The highest BCUT2D eigenvalue weighted by molar-refractivity contribution is 7.17. The van der Waals surface area contributed by atoms with E-state index < -0.39 is 0 Å². The number of H-pyrrole nitrogens is 3. The number of furan rings is 1. The van der Waals surface area contributed by atoms with Gasteiger partial charge in [-0.05, 0) is 161 Å². The third-order valence-electron chi connectivity index (χ3n) is 12.3. The molecule has 12 heterocycles. The lowest BCUT2D eigenvalue weighted by Crippen LogP contribution is -1.96. The van der Waals surface area contributed by atoms with Gasteiger partial charge in [0.15, 0.2) is 17.6 Å². The van der Waals surface area contributed by atoms with Gasteiger partial charge < -0.3 is 22.9 Å². The van der Waals surface area contributed by atoms with Gasteiger partial charge in [-0.25, -0.2) is 15.0 Å². The van der Waals surface area contributed by atoms with E-state index >= 15 is 0 Å². The topological polar surface area (TPSA) is 255 Å². The molecule has 117 heavy (non-hydrogen) atoms. The van der Waals surface area contributed by atoms with Crippen LogP contribution in [-0.2, 0) is 12.8 Å². The molecular weight excluding hydrogens is 1550 g/mol. The molecule has 24 heteroatoms. The van der Waals surface area contributed by atoms with Crippen LogP contribution in [0.3, 0.4) is 0 Å². The van der Waals surface area contributed by atoms with E-state index in [9.17, 15) is 0 Å². The number of hydrogen-bond donors (Lipinski definition) is 3. The van der Waals surface area contributed by atoms with Crippen LogP contribution in [-0.4, -0.2) is 75.0 Å². The fourth-order valence-corrected chi connectivity index (χ4v) is 11.4. The maximum Gasteiger partial charge on any atom is 0.181 e. The van der Waals surface area contributed by atoms with Gasteiger partial charge in [0.2, 0.25) is 0 Å². The lowest BCUT2D eigenvalue weighted by atomic mass is 10.00. The van der Waals surface area contributed by atoms with Crippen LogP contribution in [0.5, 0.6) is 0 Å². The quantitative estimate of drug-likeness (QED) is 0.128. The van der Waals surface area contributed by atoms with E-state index in [1.807, 2.05) is 322 Å². The number of rotatable bonds is 0. The van der Waals surface area contributed by atoms with Crippen molar-refractivity contribution < 1.29 is 17.9 Å². The highest BCUT2D eigenvalue weighted by atomic mass is 32.1. The Morgan fingerprint density at radius 2 is 0.966 bits per heavy atom. The summed E-state index contributed by atoms with van der Waals surface area (Å²) in [5, 5.41) is 41.1. The Morgan fingerprint density at radius 3 is 1.47 bits per heavy atom. The summed E-state index contributed by atoms with van der Waals surface area (Å²) in [7, 11) is 0. The standard InChI is InChI=1S/C8H7N.C8H6O.C8H10S.C8H6S.2C7H5NO.2C7H5NS.2C2H3N3.C2H2N2O.C2H2N2S.12C2H6.CH4/c4*1-2-4-8-7(3-1)5-6-9-8;1-2-4-7-6(3-1)8-5-9-7;1-2-4-7-6(3-1)5-8-9-7;1-2-4-7-6(3-1)8-5-9-7;1-2-4-7-6(3-1)5-8-9-7;1-3-2-5-4-1;1-2-4-5-3-1;2*1-2-5-4-3-1;12*1-2;/h1-6,9H;1-6H;5-6H,1-4H2;1-6H;4*1-5H;2*1-2H,(H,3,4,5);2*1-2H;12*1-2H3;1H4. The first-order chi connectivity index (χ1) is 57.7. The monoisotopic (exact) mass is 1690 g/mol. The van der Waals surface area contributed by atoms with Crippen molar-refractivity contribution in [2.75, 3.05) is 0 Å². The van der Waals surface area contributed by atoms with Gasteiger partial charge in [-0.15, -0.1) is 44.2 Å². The predicted octanol–water partition coefficient (Wildman–Crippen LogP) is 31.5. The minimum absolute atomic E-state index is 0. The molecule has 19 aromatic rings. The number of hydrogen-bond acceptors (Lipinski definition) is 21. The van der Waals surface area contributed by atoms with Crippen molar-refractivity contribution in [1.82, 2.24) is 75.0 Å². The van der Waals surface area contributed by atoms with Crippen LogP contribution in [0.2, 0.25) is 0 Å². The summed E-state index contributed by atoms with van der Waals surface area (Å²) in [6.45, 7) is 48.0. The van der Waals surface area contributed by atoms with Crippen molar-refractivity contribution >= 4 is 131 Å². The third kappa shape index (κ3) is 53.0. The van der Waals surface area contributed by atoms with Crippen LogP contribution < -0.4 is 0 Å². The number of fused-ring (bicyclic) bond motifs is 8. The summed E-state index contributed by atoms with van der Waals surface area (Å²) in [4.78, 5) is 16.4. The van der Waals surface area contributed by atoms with Crippen LogP contribution in [0.4, 0.5) is 0 Å². The van der Waals surface area contributed by atoms with Gasteiger partial charge in [-0.3, -0.25) is 5.10 Å². The first kappa shape index (κ1) is 115. The lowest BCUT2D eigenvalue weighted by molar-refractivity contribution is 0.393. The summed E-state index contributed by atoms with van der Waals surface area (Å²) >= 11 is 8.28. The molecule has 3 N–H and O–H groups in total. The molecule has 0 saturated carbocycles. The normalized spacial score (nSPS) is 8.82. The molecular formula is C93H135N15O4S5. The summed E-state index contributed by atoms with van der Waals surface area (Å²) < 4.78 is 30.7. The average Bonchev–Trinajstić information content (AvgIpc) is 1.82. The molecule has 1 aliphatic rings. The molecule has 7 aromatic carbocycles. The van der Waals surface area contributed by atoms with Gasteiger partial charge in [0.1, 0.15) is 30.0 Å². The van der Waals surface area contributed by atoms with E-state index in [0.29, 0.717) is 0 Å². The highest BCUT2D eigenvalue weighted by Crippen LogP contribution is 2.26. The second-order valence-electron chi connectivity index (χ2n) is 18.4. The van der Waals surface area contributed by atoms with Gasteiger partial charge in [0.25, 0.3) is 0 Å². The number of thiophene rings is 2. The van der Waals surface area contributed by atoms with Gasteiger partial charge in [-0.1, -0.05) is 292 Å². The fourth-order valence-electron chi connectivity index (χ4n) is 8.05. The molecule has 636 valence electrons. The third-order valence-corrected chi connectivity index (χ3v) is 16.3. The summed E-state index contributed by atoms with van der Waals surface area (Å²) in [6.07, 6.45) is 24.8. The Hall–Kier alpha value is -11.0. The highest BCUT2D eigenvalue weighted by Gasteiger charge is 2.08. The van der Waals surface area contributed by atoms with E-state index in [1.165, 1.54) is 116 Å². The fraction of sp³-hybridized carbons (Fsp3) is 0.312. The number of aromatic nitrogens is 15. The van der Waals surface area contributed by atoms with Gasteiger partial charge in [0, 0.05) is 54.3 Å². The molecule has 0 unspecified atom stereocenters. The summed E-state index contributed by atoms with van der Waals surface area (Å²) in [5.74, 6) is 0. The van der Waals surface area contributed by atoms with E-state index in [-0.39, 0.29) is 7.43 Å². The Morgan fingerprint density at radius 1 is 0.402 bits per heavy atom. The molecule has 0 radical (unpaired) electrons. The maximum absolute atomic E-state index is 5.12. The zero-order valence-corrected chi connectivity index (χ0v) is 77.2. The van der Waals surface area contributed by atoms with Crippen LogP contribution in [0.15, 0.2) is 309 Å². The van der Waals surface area contributed by atoms with E-state index in [2.05, 4.69) is 163 Å². The SMILES string of the molecule is C.CC.CC.CC.CC.CC.CC.CC.CC.CC.CC.CC.CC.c1cc2c(s1)CCCC2.c1ccc2[nH]ccc2c1.c1ccc2occc2c1.c1ccc2ocnc2c1.c1ccc2oncc2c1.c1ccc2sccc2c1.c1ccc2scnc2c1.c1ccc2sncc2c1.c1cn[nH]n1.c1conn1.c1csnn1.c1nc[nH]n1. The number of aryl methyl sites for hydroxylation is 2. The molecule has 0 aliphatic heterocycles. The zero-order chi connectivity index (χ0) is 87.0. The van der Waals surface area contributed by atoms with Crippen LogP contribution in [0.1, 0.15) is 197 Å². The Bertz CT molecular complexity index is 3820. The van der Waals surface area contributed by atoms with E-state index in [1.54, 1.807) is 64.2 Å². The number of aromatic amines is 3. The van der Waals surface area contributed by atoms with E-state index in [4.69, 9.17) is 13.4 Å². The molecule has 12 aromatic heterocycles. The second kappa shape index (κ2) is 88.9. The zero-order valence-electron chi connectivity index (χ0n) is 73.1. The molecule has 0 bridgehead atoms. The number of thiazole rings is 1. The number of nitrogens with one attached hydrogen (secondary N) is 3. The number of nitrogens with zero attached hydrogens (tertiary/aromatic N) is 12. The van der Waals surface area contributed by atoms with Gasteiger partial charge >= 0.3 is 0 Å². The second-order valence-corrected chi connectivity index (χ2v) is 22.7. The van der Waals surface area contributed by atoms with E-state index in [0.717, 1.165) is 38.6 Å². The first-order valence-corrected chi connectivity index (χ1v) is 44.6. The molecule has 20 rings (SSSR count). The van der Waals surface area contributed by atoms with Crippen molar-refractivity contribution in [2.24, 2.45) is 0 Å². The predicted molar refractivity (Wildman–Crippen MR) is 514 cm³/mol. The van der Waals surface area contributed by atoms with Crippen molar-refractivity contribution in [3.63, 3.8) is 0 Å².